The van der Waals surface area contributed by atoms with Crippen molar-refractivity contribution in [1.82, 2.24) is 19.8 Å². The van der Waals surface area contributed by atoms with E-state index >= 15 is 0 Å². The Labute approximate surface area is 144 Å². The Morgan fingerprint density at radius 1 is 1.29 bits per heavy atom. The zero-order valence-electron chi connectivity index (χ0n) is 15.0. The number of morpholine rings is 1. The van der Waals surface area contributed by atoms with E-state index in [-0.39, 0.29) is 5.91 Å². The predicted molar refractivity (Wildman–Crippen MR) is 92.0 cm³/mol. The molecule has 1 aromatic rings. The molecule has 0 spiro atoms. The number of rotatable bonds is 4. The summed E-state index contributed by atoms with van der Waals surface area (Å²) in [5.41, 5.74) is 1.52. The molecule has 0 unspecified atom stereocenters. The summed E-state index contributed by atoms with van der Waals surface area (Å²) in [6.07, 6.45) is 3.55. The zero-order chi connectivity index (χ0) is 17.1. The van der Waals surface area contributed by atoms with Crippen LogP contribution in [0.3, 0.4) is 0 Å². The Hall–Kier alpha value is -1.53. The average Bonchev–Trinajstić information content (AvgIpc) is 3.06. The van der Waals surface area contributed by atoms with Crippen molar-refractivity contribution < 1.29 is 9.53 Å². The van der Waals surface area contributed by atoms with Crippen molar-refractivity contribution in [3.8, 4) is 0 Å². The molecule has 0 aromatic carbocycles. The normalized spacial score (nSPS) is 25.2. The molecule has 2 fully saturated rings. The van der Waals surface area contributed by atoms with Crippen LogP contribution in [-0.4, -0.2) is 71.1 Å². The summed E-state index contributed by atoms with van der Waals surface area (Å²) >= 11 is 0. The second-order valence-corrected chi connectivity index (χ2v) is 6.73. The van der Waals surface area contributed by atoms with Crippen molar-refractivity contribution in [2.75, 3.05) is 39.4 Å². The third-order valence-electron chi connectivity index (χ3n) is 5.29. The first kappa shape index (κ1) is 17.3. The molecule has 1 amide bonds. The molecule has 1 aromatic heterocycles. The van der Waals surface area contributed by atoms with Crippen molar-refractivity contribution in [1.29, 1.82) is 0 Å². The lowest BCUT2D eigenvalue weighted by molar-refractivity contribution is 0.0103. The first-order valence-electron chi connectivity index (χ1n) is 9.07. The van der Waals surface area contributed by atoms with Gasteiger partial charge in [-0.15, -0.1) is 0 Å². The highest BCUT2D eigenvalue weighted by Gasteiger charge is 2.38. The quantitative estimate of drug-likeness (QED) is 0.837. The van der Waals surface area contributed by atoms with Gasteiger partial charge in [-0.2, -0.15) is 0 Å². The Morgan fingerprint density at radius 2 is 2.04 bits per heavy atom. The van der Waals surface area contributed by atoms with E-state index in [1.807, 2.05) is 18.7 Å². The summed E-state index contributed by atoms with van der Waals surface area (Å²) in [4.78, 5) is 26.2. The molecule has 0 radical (unpaired) electrons. The van der Waals surface area contributed by atoms with Gasteiger partial charge in [0.25, 0.3) is 5.91 Å². The number of nitrogens with zero attached hydrogens (tertiary/aromatic N) is 4. The number of likely N-dealkylation sites (tertiary alicyclic amines) is 1. The van der Waals surface area contributed by atoms with Crippen molar-refractivity contribution in [3.63, 3.8) is 0 Å². The van der Waals surface area contributed by atoms with Crippen molar-refractivity contribution in [3.05, 3.63) is 23.3 Å². The van der Waals surface area contributed by atoms with Crippen LogP contribution in [0.2, 0.25) is 0 Å². The summed E-state index contributed by atoms with van der Waals surface area (Å²) in [6.45, 7) is 11.3. The summed E-state index contributed by atoms with van der Waals surface area (Å²) in [7, 11) is 0. The number of aryl methyl sites for hydroxylation is 2. The van der Waals surface area contributed by atoms with Gasteiger partial charge in [-0.3, -0.25) is 9.69 Å². The SMILES string of the molecule is CCc1nc(C)ncc1C(=O)N1C[C@H](CC)[C@@H](N2CCOCC2)C1. The van der Waals surface area contributed by atoms with E-state index in [4.69, 9.17) is 4.74 Å². The van der Waals surface area contributed by atoms with E-state index < -0.39 is 0 Å². The lowest BCUT2D eigenvalue weighted by atomic mass is 9.99. The van der Waals surface area contributed by atoms with Crippen LogP contribution in [0.15, 0.2) is 6.20 Å². The molecule has 6 nitrogen and oxygen atoms in total. The van der Waals surface area contributed by atoms with E-state index in [0.717, 1.165) is 63.8 Å². The Bertz CT molecular complexity index is 586. The number of carbonyl (C=O) groups excluding carboxylic acids is 1. The van der Waals surface area contributed by atoms with Crippen molar-refractivity contribution >= 4 is 5.91 Å². The molecular weight excluding hydrogens is 304 g/mol. The fourth-order valence-corrected chi connectivity index (χ4v) is 3.88. The van der Waals surface area contributed by atoms with Gasteiger partial charge >= 0.3 is 0 Å². The summed E-state index contributed by atoms with van der Waals surface area (Å²) < 4.78 is 5.47. The molecule has 3 rings (SSSR count). The van der Waals surface area contributed by atoms with Gasteiger partial charge in [0.15, 0.2) is 0 Å². The van der Waals surface area contributed by atoms with Gasteiger partial charge in [0.2, 0.25) is 0 Å². The highest BCUT2D eigenvalue weighted by atomic mass is 16.5. The second-order valence-electron chi connectivity index (χ2n) is 6.73. The molecule has 2 atom stereocenters. The number of hydrogen-bond acceptors (Lipinski definition) is 5. The maximum Gasteiger partial charge on any atom is 0.257 e. The van der Waals surface area contributed by atoms with Gasteiger partial charge < -0.3 is 9.64 Å². The fraction of sp³-hybridized carbons (Fsp3) is 0.722. The lowest BCUT2D eigenvalue weighted by Crippen LogP contribution is -2.47. The van der Waals surface area contributed by atoms with Crippen LogP contribution in [0.25, 0.3) is 0 Å². The van der Waals surface area contributed by atoms with Gasteiger partial charge in [-0.1, -0.05) is 20.3 Å². The van der Waals surface area contributed by atoms with Gasteiger partial charge in [-0.05, 0) is 19.3 Å². The minimum atomic E-state index is 0.0843. The zero-order valence-corrected chi connectivity index (χ0v) is 15.0. The molecule has 24 heavy (non-hydrogen) atoms. The van der Waals surface area contributed by atoms with Crippen LogP contribution in [0, 0.1) is 12.8 Å². The molecule has 0 bridgehead atoms. The Balaban J connectivity index is 1.76. The highest BCUT2D eigenvalue weighted by molar-refractivity contribution is 5.95. The summed E-state index contributed by atoms with van der Waals surface area (Å²) in [5.74, 6) is 1.34. The summed E-state index contributed by atoms with van der Waals surface area (Å²) in [5, 5.41) is 0. The standard InChI is InChI=1S/C18H28N4O2/c1-4-14-11-22(12-17(14)21-6-8-24-9-7-21)18(23)15-10-19-13(3)20-16(15)5-2/h10,14,17H,4-9,11-12H2,1-3H3/t14-,17-/m0/s1. The topological polar surface area (TPSA) is 58.6 Å². The lowest BCUT2D eigenvalue weighted by Gasteiger charge is -2.34. The van der Waals surface area contributed by atoms with E-state index in [1.54, 1.807) is 6.20 Å². The molecule has 0 N–H and O–H groups in total. The average molecular weight is 332 g/mol. The number of amides is 1. The maximum absolute atomic E-state index is 13.0. The maximum atomic E-state index is 13.0. The molecular formula is C18H28N4O2. The minimum absolute atomic E-state index is 0.0843. The van der Waals surface area contributed by atoms with Crippen LogP contribution < -0.4 is 0 Å². The molecule has 2 saturated heterocycles. The summed E-state index contributed by atoms with van der Waals surface area (Å²) in [6, 6.07) is 0.444. The van der Waals surface area contributed by atoms with Crippen molar-refractivity contribution in [2.45, 2.75) is 39.7 Å². The fourth-order valence-electron chi connectivity index (χ4n) is 3.88. The van der Waals surface area contributed by atoms with E-state index in [0.29, 0.717) is 17.5 Å². The van der Waals surface area contributed by atoms with Gasteiger partial charge in [0.05, 0.1) is 24.5 Å². The number of carbonyl (C=O) groups is 1. The van der Waals surface area contributed by atoms with Crippen LogP contribution >= 0.6 is 0 Å². The predicted octanol–water partition coefficient (Wildman–Crippen LogP) is 1.53. The minimum Gasteiger partial charge on any atom is -0.379 e. The first-order valence-corrected chi connectivity index (χ1v) is 9.07. The molecule has 2 aliphatic heterocycles. The first-order chi connectivity index (χ1) is 11.6. The number of hydrogen-bond donors (Lipinski definition) is 0. The van der Waals surface area contributed by atoms with Gasteiger partial charge in [0.1, 0.15) is 5.82 Å². The molecule has 2 aliphatic rings. The van der Waals surface area contributed by atoms with Gasteiger partial charge in [0, 0.05) is 38.4 Å². The third kappa shape index (κ3) is 3.44. The number of aromatic nitrogens is 2. The molecule has 3 heterocycles. The molecule has 0 aliphatic carbocycles. The van der Waals surface area contributed by atoms with Crippen molar-refractivity contribution in [2.24, 2.45) is 5.92 Å². The molecule has 132 valence electrons. The largest absolute Gasteiger partial charge is 0.379 e. The van der Waals surface area contributed by atoms with E-state index in [9.17, 15) is 4.79 Å². The van der Waals surface area contributed by atoms with Crippen LogP contribution in [0.5, 0.6) is 0 Å². The molecule has 6 heteroatoms. The smallest absolute Gasteiger partial charge is 0.257 e. The van der Waals surface area contributed by atoms with Crippen LogP contribution in [-0.2, 0) is 11.2 Å². The van der Waals surface area contributed by atoms with Crippen LogP contribution in [0.4, 0.5) is 0 Å². The third-order valence-corrected chi connectivity index (χ3v) is 5.29. The Morgan fingerprint density at radius 3 is 2.71 bits per heavy atom. The molecule has 0 saturated carbocycles. The highest BCUT2D eigenvalue weighted by Crippen LogP contribution is 2.27. The second kappa shape index (κ2) is 7.57. The van der Waals surface area contributed by atoms with E-state index in [1.165, 1.54) is 0 Å². The monoisotopic (exact) mass is 332 g/mol. The van der Waals surface area contributed by atoms with Crippen LogP contribution in [0.1, 0.15) is 42.1 Å². The Kier molecular flexibility index (Phi) is 5.46. The number of ether oxygens (including phenoxy) is 1. The van der Waals surface area contributed by atoms with E-state index in [2.05, 4.69) is 21.8 Å². The van der Waals surface area contributed by atoms with Gasteiger partial charge in [-0.25, -0.2) is 9.97 Å².